The first kappa shape index (κ1) is 13.1. The molecule has 1 heterocycles. The summed E-state index contributed by atoms with van der Waals surface area (Å²) in [6.45, 7) is 5.93. The second-order valence-corrected chi connectivity index (χ2v) is 5.03. The van der Waals surface area contributed by atoms with Gasteiger partial charge in [-0.15, -0.1) is 10.2 Å². The molecule has 0 spiro atoms. The first-order chi connectivity index (χ1) is 8.78. The molecule has 0 amide bonds. The van der Waals surface area contributed by atoms with Crippen LogP contribution in [0.25, 0.3) is 0 Å². The van der Waals surface area contributed by atoms with Gasteiger partial charge in [-0.05, 0) is 42.4 Å². The predicted octanol–water partition coefficient (Wildman–Crippen LogP) is 3.03. The van der Waals surface area contributed by atoms with Crippen LogP contribution in [0.5, 0.6) is 0 Å². The van der Waals surface area contributed by atoms with E-state index in [0.717, 1.165) is 24.4 Å². The summed E-state index contributed by atoms with van der Waals surface area (Å²) in [7, 11) is 0. The van der Waals surface area contributed by atoms with E-state index in [1.807, 2.05) is 0 Å². The van der Waals surface area contributed by atoms with E-state index in [9.17, 15) is 0 Å². The minimum Gasteiger partial charge on any atom is -0.416 e. The Morgan fingerprint density at radius 3 is 2.61 bits per heavy atom. The third kappa shape index (κ3) is 3.85. The van der Waals surface area contributed by atoms with Crippen molar-refractivity contribution in [3.63, 3.8) is 0 Å². The largest absolute Gasteiger partial charge is 0.416 e. The van der Waals surface area contributed by atoms with Crippen LogP contribution in [0.3, 0.4) is 0 Å². The fraction of sp³-hybridized carbons (Fsp3) is 0.385. The molecule has 18 heavy (non-hydrogen) atoms. The average molecular weight is 263 g/mol. The highest BCUT2D eigenvalue weighted by atomic mass is 32.2. The number of nitrogens with one attached hydrogen (secondary N) is 1. The average Bonchev–Trinajstić information content (AvgIpc) is 2.77. The van der Waals surface area contributed by atoms with E-state index in [1.54, 1.807) is 6.92 Å². The van der Waals surface area contributed by atoms with Gasteiger partial charge in [-0.1, -0.05) is 19.1 Å². The molecule has 1 N–H and O–H groups in total. The smallest absolute Gasteiger partial charge is 0.281 e. The van der Waals surface area contributed by atoms with Crippen LogP contribution in [0, 0.1) is 6.92 Å². The van der Waals surface area contributed by atoms with Gasteiger partial charge in [-0.2, -0.15) is 0 Å². The van der Waals surface area contributed by atoms with E-state index in [4.69, 9.17) is 4.42 Å². The molecule has 1 aromatic carbocycles. The van der Waals surface area contributed by atoms with Crippen molar-refractivity contribution < 1.29 is 4.42 Å². The summed E-state index contributed by atoms with van der Waals surface area (Å²) in [4.78, 5) is 1.11. The number of hydrogen-bond donors (Lipinski definition) is 1. The Morgan fingerprint density at radius 2 is 2.00 bits per heavy atom. The number of benzene rings is 1. The highest BCUT2D eigenvalue weighted by Gasteiger charge is 2.04. The molecule has 0 saturated carbocycles. The lowest BCUT2D eigenvalue weighted by Crippen LogP contribution is -2.13. The minimum atomic E-state index is 0.587. The van der Waals surface area contributed by atoms with Crippen LogP contribution in [-0.2, 0) is 6.54 Å². The monoisotopic (exact) mass is 263 g/mol. The zero-order chi connectivity index (χ0) is 12.8. The maximum absolute atomic E-state index is 5.33. The molecule has 0 fully saturated rings. The Hall–Kier alpha value is -1.33. The van der Waals surface area contributed by atoms with Crippen molar-refractivity contribution in [2.45, 2.75) is 36.9 Å². The molecule has 0 radical (unpaired) electrons. The molecular weight excluding hydrogens is 246 g/mol. The summed E-state index contributed by atoms with van der Waals surface area (Å²) >= 11 is 1.48. The molecule has 2 aromatic rings. The number of aryl methyl sites for hydroxylation is 1. The Kier molecular flexibility index (Phi) is 4.78. The van der Waals surface area contributed by atoms with E-state index < -0.39 is 0 Å². The second-order valence-electron chi connectivity index (χ2n) is 4.01. The maximum Gasteiger partial charge on any atom is 0.281 e. The predicted molar refractivity (Wildman–Crippen MR) is 71.6 cm³/mol. The molecule has 96 valence electrons. The fourth-order valence-electron chi connectivity index (χ4n) is 1.51. The van der Waals surface area contributed by atoms with Crippen LogP contribution >= 0.6 is 11.8 Å². The maximum atomic E-state index is 5.33. The van der Waals surface area contributed by atoms with Crippen LogP contribution in [0.15, 0.2) is 38.8 Å². The lowest BCUT2D eigenvalue weighted by atomic mass is 10.2. The number of rotatable bonds is 6. The van der Waals surface area contributed by atoms with Crippen molar-refractivity contribution in [2.24, 2.45) is 0 Å². The highest BCUT2D eigenvalue weighted by molar-refractivity contribution is 7.99. The second kappa shape index (κ2) is 6.56. The number of aromatic nitrogens is 2. The first-order valence-corrected chi connectivity index (χ1v) is 6.87. The summed E-state index contributed by atoms with van der Waals surface area (Å²) < 4.78 is 5.33. The first-order valence-electron chi connectivity index (χ1n) is 6.05. The standard InChI is InChI=1S/C13H17N3OS/c1-3-8-14-9-11-4-6-12(7-5-11)18-13-16-15-10(2)17-13/h4-7,14H,3,8-9H2,1-2H3. The molecule has 0 atom stereocenters. The summed E-state index contributed by atoms with van der Waals surface area (Å²) in [6.07, 6.45) is 1.16. The molecule has 1 aromatic heterocycles. The van der Waals surface area contributed by atoms with Crippen molar-refractivity contribution in [2.75, 3.05) is 6.54 Å². The normalized spacial score (nSPS) is 10.8. The molecule has 2 rings (SSSR count). The van der Waals surface area contributed by atoms with Crippen molar-refractivity contribution in [1.82, 2.24) is 15.5 Å². The van der Waals surface area contributed by atoms with Gasteiger partial charge < -0.3 is 9.73 Å². The number of hydrogen-bond acceptors (Lipinski definition) is 5. The summed E-state index contributed by atoms with van der Waals surface area (Å²) in [6, 6.07) is 8.39. The Bertz CT molecular complexity index is 481. The van der Waals surface area contributed by atoms with Gasteiger partial charge in [0.25, 0.3) is 5.22 Å². The van der Waals surface area contributed by atoms with Crippen LogP contribution in [0.2, 0.25) is 0 Å². The van der Waals surface area contributed by atoms with E-state index in [1.165, 1.54) is 17.3 Å². The lowest BCUT2D eigenvalue weighted by Gasteiger charge is -2.03. The van der Waals surface area contributed by atoms with E-state index in [-0.39, 0.29) is 0 Å². The Balaban J connectivity index is 1.91. The topological polar surface area (TPSA) is 51.0 Å². The molecule has 4 nitrogen and oxygen atoms in total. The van der Waals surface area contributed by atoms with Gasteiger partial charge in [0.05, 0.1) is 0 Å². The van der Waals surface area contributed by atoms with Gasteiger partial charge >= 0.3 is 0 Å². The van der Waals surface area contributed by atoms with Crippen LogP contribution in [0.1, 0.15) is 24.8 Å². The van der Waals surface area contributed by atoms with E-state index in [2.05, 4.69) is 46.7 Å². The van der Waals surface area contributed by atoms with E-state index >= 15 is 0 Å². The molecule has 0 unspecified atom stereocenters. The van der Waals surface area contributed by atoms with Crippen molar-refractivity contribution in [1.29, 1.82) is 0 Å². The molecular formula is C13H17N3OS. The quantitative estimate of drug-likeness (QED) is 0.812. The molecule has 0 saturated heterocycles. The van der Waals surface area contributed by atoms with Crippen LogP contribution < -0.4 is 5.32 Å². The molecule has 0 aliphatic carbocycles. The molecule has 5 heteroatoms. The van der Waals surface area contributed by atoms with Crippen molar-refractivity contribution in [3.05, 3.63) is 35.7 Å². The van der Waals surface area contributed by atoms with Crippen molar-refractivity contribution >= 4 is 11.8 Å². The number of nitrogens with zero attached hydrogens (tertiary/aromatic N) is 2. The minimum absolute atomic E-state index is 0.587. The van der Waals surface area contributed by atoms with Gasteiger partial charge in [-0.3, -0.25) is 0 Å². The van der Waals surface area contributed by atoms with Crippen LogP contribution in [0.4, 0.5) is 0 Å². The van der Waals surface area contributed by atoms with Crippen LogP contribution in [-0.4, -0.2) is 16.7 Å². The zero-order valence-electron chi connectivity index (χ0n) is 10.6. The van der Waals surface area contributed by atoms with Gasteiger partial charge in [0.2, 0.25) is 5.89 Å². The highest BCUT2D eigenvalue weighted by Crippen LogP contribution is 2.26. The Morgan fingerprint density at radius 1 is 1.22 bits per heavy atom. The molecule has 0 bridgehead atoms. The summed E-state index contributed by atoms with van der Waals surface area (Å²) in [5.41, 5.74) is 1.29. The van der Waals surface area contributed by atoms with Gasteiger partial charge in [0, 0.05) is 18.4 Å². The third-order valence-corrected chi connectivity index (χ3v) is 3.24. The third-order valence-electron chi connectivity index (χ3n) is 2.39. The lowest BCUT2D eigenvalue weighted by molar-refractivity contribution is 0.429. The van der Waals surface area contributed by atoms with Gasteiger partial charge in [0.1, 0.15) is 0 Å². The zero-order valence-corrected chi connectivity index (χ0v) is 11.5. The molecule has 0 aliphatic heterocycles. The Labute approximate surface area is 111 Å². The van der Waals surface area contributed by atoms with Crippen molar-refractivity contribution in [3.8, 4) is 0 Å². The summed E-state index contributed by atoms with van der Waals surface area (Å²) in [5.74, 6) is 0.595. The van der Waals surface area contributed by atoms with Gasteiger partial charge in [-0.25, -0.2) is 0 Å². The summed E-state index contributed by atoms with van der Waals surface area (Å²) in [5, 5.41) is 11.7. The SMILES string of the molecule is CCCNCc1ccc(Sc2nnc(C)o2)cc1. The fourth-order valence-corrected chi connectivity index (χ4v) is 2.22. The molecule has 0 aliphatic rings. The van der Waals surface area contributed by atoms with Gasteiger partial charge in [0.15, 0.2) is 0 Å². The van der Waals surface area contributed by atoms with E-state index in [0.29, 0.717) is 11.1 Å².